The second-order valence-corrected chi connectivity index (χ2v) is 10.2. The van der Waals surface area contributed by atoms with Gasteiger partial charge in [0.15, 0.2) is 0 Å². The van der Waals surface area contributed by atoms with Gasteiger partial charge in [0.2, 0.25) is 0 Å². The molecule has 0 atom stereocenters. The summed E-state index contributed by atoms with van der Waals surface area (Å²) in [4.78, 5) is 11.8. The fourth-order valence-electron chi connectivity index (χ4n) is 6.59. The van der Waals surface area contributed by atoms with E-state index in [9.17, 15) is 20.4 Å². The SMILES string of the molecule is CCCc1ccc(-c2c(C34CCC(CCC)(CC3)CC4)ccc(C(=O)O)c2F)c(C#N)c1C#N. The van der Waals surface area contributed by atoms with E-state index in [0.29, 0.717) is 17.4 Å². The summed E-state index contributed by atoms with van der Waals surface area (Å²) in [6.07, 6.45) is 9.91. The number of hydrogen-bond acceptors (Lipinski definition) is 3. The lowest BCUT2D eigenvalue weighted by Crippen LogP contribution is -2.44. The molecule has 34 heavy (non-hydrogen) atoms. The summed E-state index contributed by atoms with van der Waals surface area (Å²) in [5.74, 6) is -2.14. The first-order chi connectivity index (χ1) is 16.3. The number of carboxylic acids is 1. The molecule has 176 valence electrons. The Kier molecular flexibility index (Phi) is 6.50. The number of carboxylic acid groups (broad SMARTS) is 1. The van der Waals surface area contributed by atoms with E-state index in [1.54, 1.807) is 18.2 Å². The molecule has 0 amide bonds. The van der Waals surface area contributed by atoms with Crippen LogP contribution in [0.25, 0.3) is 11.1 Å². The van der Waals surface area contributed by atoms with Gasteiger partial charge in [0.05, 0.1) is 16.7 Å². The van der Waals surface area contributed by atoms with Gasteiger partial charge in [-0.2, -0.15) is 10.5 Å². The van der Waals surface area contributed by atoms with Crippen LogP contribution in [0, 0.1) is 33.9 Å². The molecule has 5 rings (SSSR count). The average Bonchev–Trinajstić information content (AvgIpc) is 2.84. The fourth-order valence-corrected chi connectivity index (χ4v) is 6.59. The predicted molar refractivity (Wildman–Crippen MR) is 129 cm³/mol. The number of carbonyl (C=O) groups is 1. The van der Waals surface area contributed by atoms with Gasteiger partial charge in [-0.05, 0) is 79.4 Å². The molecule has 3 aliphatic rings. The van der Waals surface area contributed by atoms with Gasteiger partial charge in [0.25, 0.3) is 0 Å². The Labute approximate surface area is 201 Å². The van der Waals surface area contributed by atoms with Crippen molar-refractivity contribution in [3.05, 3.63) is 57.9 Å². The van der Waals surface area contributed by atoms with E-state index in [1.165, 1.54) is 12.5 Å². The van der Waals surface area contributed by atoms with E-state index in [0.717, 1.165) is 62.5 Å². The Hall–Kier alpha value is -3.18. The first-order valence-corrected chi connectivity index (χ1v) is 12.4. The van der Waals surface area contributed by atoms with Crippen LogP contribution in [0.5, 0.6) is 0 Å². The van der Waals surface area contributed by atoms with E-state index in [2.05, 4.69) is 19.1 Å². The monoisotopic (exact) mass is 458 g/mol. The zero-order valence-electron chi connectivity index (χ0n) is 20.0. The van der Waals surface area contributed by atoms with E-state index in [4.69, 9.17) is 0 Å². The standard InChI is InChI=1S/C29H31FN2O2/c1-3-5-19-6-7-20(23(18-32)22(19)17-31)25-24(9-8-21(26(25)30)27(33)34)29-14-11-28(10-4-2,12-15-29)13-16-29/h6-9H,3-5,10-16H2,1-2H3,(H,33,34). The van der Waals surface area contributed by atoms with Crippen LogP contribution in [0.4, 0.5) is 4.39 Å². The van der Waals surface area contributed by atoms with Gasteiger partial charge < -0.3 is 5.11 Å². The predicted octanol–water partition coefficient (Wildman–Crippen LogP) is 7.28. The Morgan fingerprint density at radius 2 is 1.62 bits per heavy atom. The second-order valence-electron chi connectivity index (χ2n) is 10.2. The summed E-state index contributed by atoms with van der Waals surface area (Å²) < 4.78 is 16.0. The third kappa shape index (κ3) is 3.78. The Morgan fingerprint density at radius 1 is 0.971 bits per heavy atom. The Morgan fingerprint density at radius 3 is 2.15 bits per heavy atom. The topological polar surface area (TPSA) is 84.9 Å². The number of fused-ring (bicyclic) bond motifs is 3. The summed E-state index contributed by atoms with van der Waals surface area (Å²) in [5, 5.41) is 29.5. The quantitative estimate of drug-likeness (QED) is 0.472. The van der Waals surface area contributed by atoms with Crippen molar-refractivity contribution >= 4 is 5.97 Å². The molecular formula is C29H31FN2O2. The third-order valence-corrected chi connectivity index (χ3v) is 8.43. The van der Waals surface area contributed by atoms with Gasteiger partial charge in [-0.15, -0.1) is 0 Å². The Balaban J connectivity index is 1.94. The molecule has 0 aromatic heterocycles. The van der Waals surface area contributed by atoms with Crippen molar-refractivity contribution in [2.75, 3.05) is 0 Å². The molecule has 1 N–H and O–H groups in total. The summed E-state index contributed by atoms with van der Waals surface area (Å²) in [6, 6.07) is 10.9. The van der Waals surface area contributed by atoms with E-state index in [1.807, 2.05) is 6.92 Å². The van der Waals surface area contributed by atoms with E-state index in [-0.39, 0.29) is 22.1 Å². The fraction of sp³-hybridized carbons (Fsp3) is 0.483. The molecule has 2 aromatic carbocycles. The highest BCUT2D eigenvalue weighted by Gasteiger charge is 2.50. The number of rotatable bonds is 7. The number of hydrogen-bond donors (Lipinski definition) is 1. The molecule has 0 saturated heterocycles. The molecule has 4 nitrogen and oxygen atoms in total. The van der Waals surface area contributed by atoms with E-state index < -0.39 is 17.3 Å². The number of nitriles is 2. The number of aryl methyl sites for hydroxylation is 1. The van der Waals surface area contributed by atoms with Crippen LogP contribution >= 0.6 is 0 Å². The molecule has 3 fully saturated rings. The molecule has 0 spiro atoms. The maximum absolute atomic E-state index is 16.0. The van der Waals surface area contributed by atoms with Crippen LogP contribution in [0.1, 0.15) is 104 Å². The third-order valence-electron chi connectivity index (χ3n) is 8.43. The maximum atomic E-state index is 16.0. The molecule has 0 unspecified atom stereocenters. The lowest BCUT2D eigenvalue weighted by molar-refractivity contribution is 0.0321. The molecular weight excluding hydrogens is 427 g/mol. The van der Waals surface area contributed by atoms with Crippen molar-refractivity contribution in [2.24, 2.45) is 5.41 Å². The van der Waals surface area contributed by atoms with Gasteiger partial charge in [0, 0.05) is 11.1 Å². The number of halogens is 1. The maximum Gasteiger partial charge on any atom is 0.338 e. The average molecular weight is 459 g/mol. The highest BCUT2D eigenvalue weighted by molar-refractivity contribution is 5.91. The minimum absolute atomic E-state index is 0.138. The molecule has 0 aliphatic heterocycles. The largest absolute Gasteiger partial charge is 0.478 e. The molecule has 3 saturated carbocycles. The van der Waals surface area contributed by atoms with Gasteiger partial charge >= 0.3 is 5.97 Å². The number of aromatic carboxylic acids is 1. The molecule has 2 bridgehead atoms. The van der Waals surface area contributed by atoms with Crippen molar-refractivity contribution in [1.82, 2.24) is 0 Å². The first-order valence-electron chi connectivity index (χ1n) is 12.4. The zero-order chi connectivity index (χ0) is 24.5. The normalized spacial score (nSPS) is 23.3. The van der Waals surface area contributed by atoms with Crippen molar-refractivity contribution in [1.29, 1.82) is 10.5 Å². The van der Waals surface area contributed by atoms with Crippen molar-refractivity contribution < 1.29 is 14.3 Å². The van der Waals surface area contributed by atoms with Crippen molar-refractivity contribution in [2.45, 2.75) is 83.5 Å². The van der Waals surface area contributed by atoms with Crippen LogP contribution in [0.15, 0.2) is 24.3 Å². The van der Waals surface area contributed by atoms with Crippen molar-refractivity contribution in [3.8, 4) is 23.3 Å². The summed E-state index contributed by atoms with van der Waals surface area (Å²) in [6.45, 7) is 4.22. The van der Waals surface area contributed by atoms with Crippen molar-refractivity contribution in [3.63, 3.8) is 0 Å². The van der Waals surface area contributed by atoms with Gasteiger partial charge in [0.1, 0.15) is 18.0 Å². The minimum Gasteiger partial charge on any atom is -0.478 e. The summed E-state index contributed by atoms with van der Waals surface area (Å²) in [5.41, 5.74) is 2.23. The molecule has 0 radical (unpaired) electrons. The van der Waals surface area contributed by atoms with Gasteiger partial charge in [-0.25, -0.2) is 9.18 Å². The second kappa shape index (κ2) is 9.22. The highest BCUT2D eigenvalue weighted by atomic mass is 19.1. The lowest BCUT2D eigenvalue weighted by atomic mass is 9.50. The summed E-state index contributed by atoms with van der Waals surface area (Å²) >= 11 is 0. The molecule has 2 aromatic rings. The van der Waals surface area contributed by atoms with Crippen LogP contribution < -0.4 is 0 Å². The van der Waals surface area contributed by atoms with Gasteiger partial charge in [-0.3, -0.25) is 0 Å². The highest BCUT2D eigenvalue weighted by Crippen LogP contribution is 2.60. The van der Waals surface area contributed by atoms with Crippen LogP contribution in [-0.2, 0) is 11.8 Å². The molecule has 3 aliphatic carbocycles. The Bertz CT molecular complexity index is 1190. The minimum atomic E-state index is -1.33. The summed E-state index contributed by atoms with van der Waals surface area (Å²) in [7, 11) is 0. The van der Waals surface area contributed by atoms with Crippen LogP contribution in [-0.4, -0.2) is 11.1 Å². The van der Waals surface area contributed by atoms with Crippen LogP contribution in [0.2, 0.25) is 0 Å². The van der Waals surface area contributed by atoms with E-state index >= 15 is 4.39 Å². The van der Waals surface area contributed by atoms with Gasteiger partial charge in [-0.1, -0.05) is 44.9 Å². The number of nitrogens with zero attached hydrogens (tertiary/aromatic N) is 2. The first kappa shape index (κ1) is 24.0. The lowest BCUT2D eigenvalue weighted by Gasteiger charge is -2.54. The smallest absolute Gasteiger partial charge is 0.338 e. The molecule has 0 heterocycles. The molecule has 5 heteroatoms. The van der Waals surface area contributed by atoms with Crippen LogP contribution in [0.3, 0.4) is 0 Å². The zero-order valence-corrected chi connectivity index (χ0v) is 20.0. The number of benzene rings is 2.